The van der Waals surface area contributed by atoms with Gasteiger partial charge in [-0.15, -0.1) is 0 Å². The molecular formula is C27H22BrCl3N4O. The zero-order chi connectivity index (χ0) is 25.2. The standard InChI is InChI=1S/C27H22BrCl3N4O/c28-19-4-6-24-20(14-19)21-16-34(10-1-2-17-3-5-22(29)23(30)12-17)11-8-25(21)35(24)27(36)33-15-18-7-9-32-26(31)13-18/h1-7,9,12-14H,8,10-11,15-16H2,(H,33,36)/b2-1+. The number of carbonyl (C=O) groups is 1. The van der Waals surface area contributed by atoms with Crippen LogP contribution in [0.15, 0.2) is 65.3 Å². The lowest BCUT2D eigenvalue weighted by Crippen LogP contribution is -2.34. The number of carbonyl (C=O) groups excluding carboxylic acids is 1. The molecule has 0 saturated carbocycles. The van der Waals surface area contributed by atoms with E-state index in [0.29, 0.717) is 21.7 Å². The first-order chi connectivity index (χ1) is 17.4. The number of hydrogen-bond donors (Lipinski definition) is 1. The SMILES string of the molecule is O=C(NCc1ccnc(Cl)c1)n1c2c(c3cc(Br)ccc31)CN(C/C=C/c1ccc(Cl)c(Cl)c1)CC2. The summed E-state index contributed by atoms with van der Waals surface area (Å²) in [6.45, 7) is 2.77. The molecule has 1 aliphatic heterocycles. The number of halogens is 4. The van der Waals surface area contributed by atoms with Crippen molar-refractivity contribution in [2.24, 2.45) is 0 Å². The van der Waals surface area contributed by atoms with Gasteiger partial charge in [-0.25, -0.2) is 9.78 Å². The lowest BCUT2D eigenvalue weighted by atomic mass is 10.0. The molecule has 2 aromatic carbocycles. The summed E-state index contributed by atoms with van der Waals surface area (Å²) in [6, 6.07) is 15.1. The number of fused-ring (bicyclic) bond motifs is 3. The van der Waals surface area contributed by atoms with Crippen LogP contribution in [0.4, 0.5) is 4.79 Å². The molecule has 1 N–H and O–H groups in total. The number of hydrogen-bond acceptors (Lipinski definition) is 3. The van der Waals surface area contributed by atoms with Crippen LogP contribution in [0.5, 0.6) is 0 Å². The van der Waals surface area contributed by atoms with Crippen molar-refractivity contribution in [3.05, 3.63) is 103 Å². The van der Waals surface area contributed by atoms with Gasteiger partial charge in [0.25, 0.3) is 0 Å². The second-order valence-electron chi connectivity index (χ2n) is 8.63. The van der Waals surface area contributed by atoms with Gasteiger partial charge in [-0.3, -0.25) is 9.47 Å². The highest BCUT2D eigenvalue weighted by molar-refractivity contribution is 9.10. The van der Waals surface area contributed by atoms with E-state index in [2.05, 4.69) is 49.3 Å². The molecule has 0 bridgehead atoms. The minimum Gasteiger partial charge on any atom is -0.333 e. The average molecular weight is 605 g/mol. The van der Waals surface area contributed by atoms with Gasteiger partial charge in [-0.2, -0.15) is 0 Å². The Bertz CT molecular complexity index is 1480. The highest BCUT2D eigenvalue weighted by Gasteiger charge is 2.26. The third-order valence-electron chi connectivity index (χ3n) is 6.24. The summed E-state index contributed by atoms with van der Waals surface area (Å²) >= 11 is 21.7. The second kappa shape index (κ2) is 11.0. The molecular weight excluding hydrogens is 583 g/mol. The fourth-order valence-electron chi connectivity index (χ4n) is 4.54. The van der Waals surface area contributed by atoms with Crippen molar-refractivity contribution in [2.75, 3.05) is 13.1 Å². The Labute approximate surface area is 232 Å². The summed E-state index contributed by atoms with van der Waals surface area (Å²) in [7, 11) is 0. The number of benzene rings is 2. The maximum Gasteiger partial charge on any atom is 0.326 e. The van der Waals surface area contributed by atoms with Gasteiger partial charge >= 0.3 is 6.03 Å². The first kappa shape index (κ1) is 25.3. The summed E-state index contributed by atoms with van der Waals surface area (Å²) in [5, 5.41) is 5.62. The molecule has 36 heavy (non-hydrogen) atoms. The van der Waals surface area contributed by atoms with E-state index < -0.39 is 0 Å². The highest BCUT2D eigenvalue weighted by Crippen LogP contribution is 2.33. The topological polar surface area (TPSA) is 50.2 Å². The maximum atomic E-state index is 13.3. The number of nitrogens with one attached hydrogen (secondary N) is 1. The third-order valence-corrected chi connectivity index (χ3v) is 7.68. The summed E-state index contributed by atoms with van der Waals surface area (Å²) in [4.78, 5) is 19.7. The van der Waals surface area contributed by atoms with Gasteiger partial charge in [0, 0.05) is 54.3 Å². The predicted octanol–water partition coefficient (Wildman–Crippen LogP) is 7.59. The smallest absolute Gasteiger partial charge is 0.326 e. The summed E-state index contributed by atoms with van der Waals surface area (Å²) in [6.07, 6.45) is 6.60. The van der Waals surface area contributed by atoms with E-state index in [1.54, 1.807) is 18.3 Å². The fourth-order valence-corrected chi connectivity index (χ4v) is 5.40. The van der Waals surface area contributed by atoms with Gasteiger partial charge in [0.2, 0.25) is 0 Å². The molecule has 9 heteroatoms. The normalized spacial score (nSPS) is 13.9. The fraction of sp³-hybridized carbons (Fsp3) is 0.185. The molecule has 184 valence electrons. The number of amides is 1. The van der Waals surface area contributed by atoms with Crippen LogP contribution in [-0.4, -0.2) is 33.6 Å². The molecule has 1 amide bonds. The minimum absolute atomic E-state index is 0.149. The van der Waals surface area contributed by atoms with Crippen LogP contribution >= 0.6 is 50.7 Å². The Morgan fingerprint density at radius 1 is 1.08 bits per heavy atom. The summed E-state index contributed by atoms with van der Waals surface area (Å²) < 4.78 is 2.81. The van der Waals surface area contributed by atoms with E-state index >= 15 is 0 Å². The van der Waals surface area contributed by atoms with E-state index in [0.717, 1.165) is 58.3 Å². The van der Waals surface area contributed by atoms with Crippen molar-refractivity contribution in [1.82, 2.24) is 19.8 Å². The van der Waals surface area contributed by atoms with Gasteiger partial charge in [-0.1, -0.05) is 69.0 Å². The predicted molar refractivity (Wildman–Crippen MR) is 151 cm³/mol. The van der Waals surface area contributed by atoms with Crippen LogP contribution in [0.25, 0.3) is 17.0 Å². The van der Waals surface area contributed by atoms with Crippen LogP contribution < -0.4 is 5.32 Å². The summed E-state index contributed by atoms with van der Waals surface area (Å²) in [5.74, 6) is 0. The van der Waals surface area contributed by atoms with Crippen molar-refractivity contribution in [3.63, 3.8) is 0 Å². The Balaban J connectivity index is 1.36. The van der Waals surface area contributed by atoms with Crippen LogP contribution in [-0.2, 0) is 19.5 Å². The van der Waals surface area contributed by atoms with Gasteiger partial charge < -0.3 is 5.32 Å². The number of nitrogens with zero attached hydrogens (tertiary/aromatic N) is 3. The minimum atomic E-state index is -0.149. The van der Waals surface area contributed by atoms with Gasteiger partial charge in [0.15, 0.2) is 0 Å². The first-order valence-corrected chi connectivity index (χ1v) is 13.4. The second-order valence-corrected chi connectivity index (χ2v) is 10.7. The van der Waals surface area contributed by atoms with E-state index in [1.165, 1.54) is 5.56 Å². The molecule has 5 rings (SSSR count). The lowest BCUT2D eigenvalue weighted by Gasteiger charge is -2.27. The quantitative estimate of drug-likeness (QED) is 0.239. The number of aromatic nitrogens is 2. The molecule has 0 unspecified atom stereocenters. The average Bonchev–Trinajstić information content (AvgIpc) is 3.18. The zero-order valence-corrected chi connectivity index (χ0v) is 23.0. The molecule has 0 atom stereocenters. The van der Waals surface area contributed by atoms with E-state index in [1.807, 2.05) is 34.9 Å². The molecule has 5 nitrogen and oxygen atoms in total. The van der Waals surface area contributed by atoms with E-state index in [-0.39, 0.29) is 6.03 Å². The molecule has 4 aromatic rings. The number of rotatable bonds is 5. The van der Waals surface area contributed by atoms with Crippen LogP contribution in [0, 0.1) is 0 Å². The monoisotopic (exact) mass is 602 g/mol. The molecule has 0 aliphatic carbocycles. The first-order valence-electron chi connectivity index (χ1n) is 11.4. The Hall–Kier alpha value is -2.35. The zero-order valence-electron chi connectivity index (χ0n) is 19.1. The van der Waals surface area contributed by atoms with E-state index in [9.17, 15) is 4.79 Å². The third kappa shape index (κ3) is 5.48. The largest absolute Gasteiger partial charge is 0.333 e. The van der Waals surface area contributed by atoms with Crippen molar-refractivity contribution in [3.8, 4) is 0 Å². The van der Waals surface area contributed by atoms with E-state index in [4.69, 9.17) is 34.8 Å². The van der Waals surface area contributed by atoms with Crippen LogP contribution in [0.3, 0.4) is 0 Å². The van der Waals surface area contributed by atoms with Crippen molar-refractivity contribution in [1.29, 1.82) is 0 Å². The van der Waals surface area contributed by atoms with Gasteiger partial charge in [0.1, 0.15) is 5.15 Å². The Morgan fingerprint density at radius 3 is 2.75 bits per heavy atom. The van der Waals surface area contributed by atoms with Crippen LogP contribution in [0.1, 0.15) is 22.4 Å². The van der Waals surface area contributed by atoms with Crippen molar-refractivity contribution >= 4 is 73.7 Å². The molecule has 3 heterocycles. The molecule has 1 aliphatic rings. The van der Waals surface area contributed by atoms with Gasteiger partial charge in [0.05, 0.1) is 15.6 Å². The molecule has 0 spiro atoms. The Kier molecular flexibility index (Phi) is 7.70. The maximum absolute atomic E-state index is 13.3. The Morgan fingerprint density at radius 2 is 1.94 bits per heavy atom. The summed E-state index contributed by atoms with van der Waals surface area (Å²) in [5.41, 5.74) is 5.05. The van der Waals surface area contributed by atoms with Gasteiger partial charge in [-0.05, 0) is 59.2 Å². The van der Waals surface area contributed by atoms with Crippen LogP contribution in [0.2, 0.25) is 15.2 Å². The molecule has 2 aromatic heterocycles. The highest BCUT2D eigenvalue weighted by atomic mass is 79.9. The van der Waals surface area contributed by atoms with Crippen molar-refractivity contribution in [2.45, 2.75) is 19.5 Å². The molecule has 0 saturated heterocycles. The molecule has 0 radical (unpaired) electrons. The lowest BCUT2D eigenvalue weighted by molar-refractivity contribution is 0.240. The van der Waals surface area contributed by atoms with Crippen molar-refractivity contribution < 1.29 is 4.79 Å². The number of pyridine rings is 1. The molecule has 0 fully saturated rings.